The van der Waals surface area contributed by atoms with Crippen molar-refractivity contribution in [3.8, 4) is 0 Å². The highest BCUT2D eigenvalue weighted by Crippen LogP contribution is 2.47. The number of fused-ring (bicyclic) bond motifs is 1. The average molecular weight is 200 g/mol. The molecule has 0 spiro atoms. The van der Waals surface area contributed by atoms with E-state index in [4.69, 9.17) is 5.73 Å². The Morgan fingerprint density at radius 2 is 2.13 bits per heavy atom. The van der Waals surface area contributed by atoms with E-state index in [0.717, 1.165) is 6.54 Å². The fourth-order valence-corrected chi connectivity index (χ4v) is 2.35. The molecule has 2 nitrogen and oxygen atoms in total. The molecule has 3 rings (SSSR count). The van der Waals surface area contributed by atoms with E-state index in [1.54, 1.807) is 0 Å². The van der Waals surface area contributed by atoms with Crippen molar-refractivity contribution >= 4 is 10.9 Å². The predicted molar refractivity (Wildman–Crippen MR) is 62.9 cm³/mol. The van der Waals surface area contributed by atoms with E-state index >= 15 is 0 Å². The van der Waals surface area contributed by atoms with Crippen LogP contribution in [-0.2, 0) is 12.5 Å². The van der Waals surface area contributed by atoms with Crippen LogP contribution in [0.2, 0.25) is 0 Å². The summed E-state index contributed by atoms with van der Waals surface area (Å²) >= 11 is 0. The van der Waals surface area contributed by atoms with Gasteiger partial charge in [-0.1, -0.05) is 12.1 Å². The van der Waals surface area contributed by atoms with Gasteiger partial charge in [0.25, 0.3) is 0 Å². The average Bonchev–Trinajstić information content (AvgIpc) is 2.99. The Labute approximate surface area is 89.7 Å². The van der Waals surface area contributed by atoms with Crippen LogP contribution in [0.4, 0.5) is 0 Å². The van der Waals surface area contributed by atoms with Crippen LogP contribution in [0, 0.1) is 0 Å². The Hall–Kier alpha value is -1.28. The summed E-state index contributed by atoms with van der Waals surface area (Å²) in [7, 11) is 2.09. The van der Waals surface area contributed by atoms with Gasteiger partial charge in [0.05, 0.1) is 0 Å². The second-order valence-corrected chi connectivity index (χ2v) is 4.68. The molecule has 0 saturated heterocycles. The molecule has 2 N–H and O–H groups in total. The molecule has 1 heterocycles. The highest BCUT2D eigenvalue weighted by Gasteiger charge is 2.42. The molecule has 2 aromatic rings. The van der Waals surface area contributed by atoms with Crippen molar-refractivity contribution in [2.45, 2.75) is 18.3 Å². The lowest BCUT2D eigenvalue weighted by molar-refractivity contribution is 0.705. The van der Waals surface area contributed by atoms with Crippen LogP contribution in [0.15, 0.2) is 30.5 Å². The maximum Gasteiger partial charge on any atom is 0.0480 e. The zero-order valence-corrected chi connectivity index (χ0v) is 9.03. The second-order valence-electron chi connectivity index (χ2n) is 4.68. The van der Waals surface area contributed by atoms with Gasteiger partial charge < -0.3 is 10.3 Å². The molecule has 0 amide bonds. The fourth-order valence-electron chi connectivity index (χ4n) is 2.35. The van der Waals surface area contributed by atoms with Crippen LogP contribution in [0.3, 0.4) is 0 Å². The minimum absolute atomic E-state index is 0.304. The smallest absolute Gasteiger partial charge is 0.0480 e. The SMILES string of the molecule is Cn1ccc2ccc(C3(CN)CC3)cc21. The maximum absolute atomic E-state index is 5.85. The minimum Gasteiger partial charge on any atom is -0.351 e. The van der Waals surface area contributed by atoms with E-state index in [1.165, 1.54) is 29.3 Å². The van der Waals surface area contributed by atoms with Crippen molar-refractivity contribution < 1.29 is 0 Å². The van der Waals surface area contributed by atoms with Gasteiger partial charge in [0, 0.05) is 30.7 Å². The Bertz CT molecular complexity index is 506. The van der Waals surface area contributed by atoms with E-state index in [1.807, 2.05) is 0 Å². The van der Waals surface area contributed by atoms with Gasteiger partial charge >= 0.3 is 0 Å². The van der Waals surface area contributed by atoms with Crippen LogP contribution >= 0.6 is 0 Å². The molecule has 1 aliphatic rings. The molecular weight excluding hydrogens is 184 g/mol. The van der Waals surface area contributed by atoms with E-state index in [0.29, 0.717) is 5.41 Å². The highest BCUT2D eigenvalue weighted by atomic mass is 14.9. The minimum atomic E-state index is 0.304. The molecule has 1 saturated carbocycles. The number of aromatic nitrogens is 1. The van der Waals surface area contributed by atoms with Gasteiger partial charge in [-0.05, 0) is 35.9 Å². The van der Waals surface area contributed by atoms with Gasteiger partial charge in [-0.2, -0.15) is 0 Å². The molecule has 15 heavy (non-hydrogen) atoms. The topological polar surface area (TPSA) is 30.9 Å². The summed E-state index contributed by atoms with van der Waals surface area (Å²) in [5, 5.41) is 1.31. The first kappa shape index (κ1) is 8.98. The summed E-state index contributed by atoms with van der Waals surface area (Å²) in [6, 6.07) is 8.90. The van der Waals surface area contributed by atoms with Gasteiger partial charge in [0.1, 0.15) is 0 Å². The van der Waals surface area contributed by atoms with Crippen molar-refractivity contribution in [1.29, 1.82) is 0 Å². The maximum atomic E-state index is 5.85. The molecule has 0 bridgehead atoms. The van der Waals surface area contributed by atoms with Crippen LogP contribution < -0.4 is 5.73 Å². The standard InChI is InChI=1S/C13H16N2/c1-15-7-4-10-2-3-11(8-12(10)15)13(9-14)5-6-13/h2-4,7-8H,5-6,9,14H2,1H3. The summed E-state index contributed by atoms with van der Waals surface area (Å²) in [6.07, 6.45) is 4.61. The number of nitrogens with two attached hydrogens (primary N) is 1. The molecule has 1 aromatic carbocycles. The summed E-state index contributed by atoms with van der Waals surface area (Å²) in [4.78, 5) is 0. The van der Waals surface area contributed by atoms with Crippen LogP contribution in [0.5, 0.6) is 0 Å². The fraction of sp³-hybridized carbons (Fsp3) is 0.385. The molecule has 1 fully saturated rings. The van der Waals surface area contributed by atoms with E-state index < -0.39 is 0 Å². The van der Waals surface area contributed by atoms with Gasteiger partial charge in [-0.25, -0.2) is 0 Å². The number of hydrogen-bond donors (Lipinski definition) is 1. The predicted octanol–water partition coefficient (Wildman–Crippen LogP) is 2.17. The summed E-state index contributed by atoms with van der Waals surface area (Å²) in [5.41, 5.74) is 8.88. The van der Waals surface area contributed by atoms with Crippen LogP contribution in [0.25, 0.3) is 10.9 Å². The van der Waals surface area contributed by atoms with Crippen LogP contribution in [-0.4, -0.2) is 11.1 Å². The first-order chi connectivity index (χ1) is 7.25. The molecule has 78 valence electrons. The quantitative estimate of drug-likeness (QED) is 0.791. The van der Waals surface area contributed by atoms with Gasteiger partial charge in [0.2, 0.25) is 0 Å². The number of rotatable bonds is 2. The number of hydrogen-bond acceptors (Lipinski definition) is 1. The Morgan fingerprint density at radius 1 is 1.33 bits per heavy atom. The third kappa shape index (κ3) is 1.21. The van der Waals surface area contributed by atoms with E-state index in [-0.39, 0.29) is 0 Å². The normalized spacial score (nSPS) is 18.3. The van der Waals surface area contributed by atoms with Crippen molar-refractivity contribution in [2.24, 2.45) is 12.8 Å². The molecular formula is C13H16N2. The number of nitrogens with zero attached hydrogens (tertiary/aromatic N) is 1. The summed E-state index contributed by atoms with van der Waals surface area (Å²) in [5.74, 6) is 0. The largest absolute Gasteiger partial charge is 0.351 e. The van der Waals surface area contributed by atoms with Gasteiger partial charge in [-0.15, -0.1) is 0 Å². The number of aryl methyl sites for hydroxylation is 1. The van der Waals surface area contributed by atoms with Gasteiger partial charge in [-0.3, -0.25) is 0 Å². The van der Waals surface area contributed by atoms with Gasteiger partial charge in [0.15, 0.2) is 0 Å². The zero-order chi connectivity index (χ0) is 10.5. The lowest BCUT2D eigenvalue weighted by Crippen LogP contribution is -2.19. The molecule has 1 aliphatic carbocycles. The molecule has 0 unspecified atom stereocenters. The first-order valence-electron chi connectivity index (χ1n) is 5.51. The molecule has 0 aliphatic heterocycles. The first-order valence-corrected chi connectivity index (χ1v) is 5.51. The Balaban J connectivity index is 2.17. The Morgan fingerprint density at radius 3 is 2.80 bits per heavy atom. The zero-order valence-electron chi connectivity index (χ0n) is 9.03. The Kier molecular flexibility index (Phi) is 1.71. The van der Waals surface area contributed by atoms with Crippen molar-refractivity contribution in [1.82, 2.24) is 4.57 Å². The third-order valence-electron chi connectivity index (χ3n) is 3.74. The van der Waals surface area contributed by atoms with E-state index in [2.05, 4.69) is 42.1 Å². The lowest BCUT2D eigenvalue weighted by atomic mass is 9.95. The molecule has 0 atom stereocenters. The summed E-state index contributed by atoms with van der Waals surface area (Å²) < 4.78 is 2.17. The summed E-state index contributed by atoms with van der Waals surface area (Å²) in [6.45, 7) is 0.781. The number of benzene rings is 1. The van der Waals surface area contributed by atoms with Crippen molar-refractivity contribution in [3.63, 3.8) is 0 Å². The monoisotopic (exact) mass is 200 g/mol. The molecule has 0 radical (unpaired) electrons. The highest BCUT2D eigenvalue weighted by molar-refractivity contribution is 5.81. The van der Waals surface area contributed by atoms with Crippen LogP contribution in [0.1, 0.15) is 18.4 Å². The van der Waals surface area contributed by atoms with Crippen molar-refractivity contribution in [3.05, 3.63) is 36.0 Å². The molecule has 1 aromatic heterocycles. The van der Waals surface area contributed by atoms with E-state index in [9.17, 15) is 0 Å². The second kappa shape index (κ2) is 2.86. The van der Waals surface area contributed by atoms with Crippen molar-refractivity contribution in [2.75, 3.05) is 6.54 Å². The third-order valence-corrected chi connectivity index (χ3v) is 3.74. The lowest BCUT2D eigenvalue weighted by Gasteiger charge is -2.13. The molecule has 2 heteroatoms.